The Bertz CT molecular complexity index is 989. The lowest BCUT2D eigenvalue weighted by Crippen LogP contribution is -2.27. The highest BCUT2D eigenvalue weighted by atomic mass is 35.5. The van der Waals surface area contributed by atoms with E-state index in [1.54, 1.807) is 12.1 Å². The number of carbonyl (C=O) groups excluding carboxylic acids is 1. The Morgan fingerprint density at radius 2 is 1.88 bits per heavy atom. The summed E-state index contributed by atoms with van der Waals surface area (Å²) in [7, 11) is -4.15. The van der Waals surface area contributed by atoms with Crippen LogP contribution in [0.25, 0.3) is 0 Å². The van der Waals surface area contributed by atoms with Gasteiger partial charge in [0.25, 0.3) is 21.6 Å². The predicted octanol–water partition coefficient (Wildman–Crippen LogP) is 2.94. The summed E-state index contributed by atoms with van der Waals surface area (Å²) in [6.45, 7) is 0. The van der Waals surface area contributed by atoms with Crippen molar-refractivity contribution >= 4 is 38.9 Å². The largest absolute Gasteiger partial charge is 0.349 e. The average Bonchev–Trinajstić information content (AvgIpc) is 3.38. The van der Waals surface area contributed by atoms with E-state index in [9.17, 15) is 23.3 Å². The standard InChI is InChI=1S/C16H14ClN3O5S/c17-13-8-7-11(9-15(13)20(22)23)26(24,25)19-14-4-2-1-3-12(14)16(21)18-10-5-6-10/h1-4,7-10,19H,5-6H2,(H,18,21). The predicted molar refractivity (Wildman–Crippen MR) is 95.8 cm³/mol. The van der Waals surface area contributed by atoms with Gasteiger partial charge in [-0.2, -0.15) is 0 Å². The lowest BCUT2D eigenvalue weighted by molar-refractivity contribution is -0.384. The van der Waals surface area contributed by atoms with E-state index in [1.165, 1.54) is 12.1 Å². The maximum Gasteiger partial charge on any atom is 0.289 e. The van der Waals surface area contributed by atoms with Gasteiger partial charge >= 0.3 is 0 Å². The van der Waals surface area contributed by atoms with Gasteiger partial charge in [-0.1, -0.05) is 23.7 Å². The molecule has 2 N–H and O–H groups in total. The van der Waals surface area contributed by atoms with Crippen LogP contribution in [-0.4, -0.2) is 25.3 Å². The minimum atomic E-state index is -4.15. The summed E-state index contributed by atoms with van der Waals surface area (Å²) < 4.78 is 27.5. The van der Waals surface area contributed by atoms with Crippen molar-refractivity contribution < 1.29 is 18.1 Å². The number of nitrogens with zero attached hydrogens (tertiary/aromatic N) is 1. The number of sulfonamides is 1. The molecule has 1 aliphatic carbocycles. The molecular formula is C16H14ClN3O5S. The van der Waals surface area contributed by atoms with Crippen LogP contribution < -0.4 is 10.0 Å². The molecule has 0 unspecified atom stereocenters. The van der Waals surface area contributed by atoms with Crippen molar-refractivity contribution in [3.05, 3.63) is 63.2 Å². The van der Waals surface area contributed by atoms with Crippen molar-refractivity contribution in [1.29, 1.82) is 0 Å². The third-order valence-electron chi connectivity index (χ3n) is 3.75. The highest BCUT2D eigenvalue weighted by molar-refractivity contribution is 7.92. The number of anilines is 1. The number of nitro groups is 1. The summed E-state index contributed by atoms with van der Waals surface area (Å²) in [6, 6.07) is 9.43. The highest BCUT2D eigenvalue weighted by Crippen LogP contribution is 2.29. The number of benzene rings is 2. The minimum absolute atomic E-state index is 0.0863. The zero-order valence-electron chi connectivity index (χ0n) is 13.3. The molecule has 0 bridgehead atoms. The number of nitrogens with one attached hydrogen (secondary N) is 2. The Balaban J connectivity index is 1.92. The number of carbonyl (C=O) groups is 1. The fourth-order valence-corrected chi connectivity index (χ4v) is 3.55. The highest BCUT2D eigenvalue weighted by Gasteiger charge is 2.26. The Hall–Kier alpha value is -2.65. The van der Waals surface area contributed by atoms with Crippen molar-refractivity contribution in [3.8, 4) is 0 Å². The van der Waals surface area contributed by atoms with E-state index in [1.807, 2.05) is 0 Å². The molecule has 2 aromatic carbocycles. The zero-order valence-corrected chi connectivity index (χ0v) is 14.9. The second kappa shape index (κ2) is 6.93. The molecule has 0 radical (unpaired) electrons. The number of amides is 1. The minimum Gasteiger partial charge on any atom is -0.349 e. The second-order valence-corrected chi connectivity index (χ2v) is 7.86. The molecule has 1 fully saturated rings. The number of hydrogen-bond acceptors (Lipinski definition) is 5. The molecule has 3 rings (SSSR count). The van der Waals surface area contributed by atoms with Crippen molar-refractivity contribution in [1.82, 2.24) is 5.32 Å². The van der Waals surface area contributed by atoms with E-state index < -0.39 is 20.6 Å². The lowest BCUT2D eigenvalue weighted by Gasteiger charge is -2.12. The quantitative estimate of drug-likeness (QED) is 0.575. The van der Waals surface area contributed by atoms with Crippen LogP contribution in [0.1, 0.15) is 23.2 Å². The smallest absolute Gasteiger partial charge is 0.289 e. The summed E-state index contributed by atoms with van der Waals surface area (Å²) >= 11 is 5.71. The first-order valence-corrected chi connectivity index (χ1v) is 9.51. The van der Waals surface area contributed by atoms with E-state index in [0.29, 0.717) is 0 Å². The Labute approximate surface area is 154 Å². The molecule has 1 amide bonds. The van der Waals surface area contributed by atoms with Crippen LogP contribution >= 0.6 is 11.6 Å². The van der Waals surface area contributed by atoms with E-state index in [4.69, 9.17) is 11.6 Å². The third-order valence-corrected chi connectivity index (χ3v) is 5.44. The Morgan fingerprint density at radius 1 is 1.19 bits per heavy atom. The van der Waals surface area contributed by atoms with Gasteiger partial charge in [-0.05, 0) is 37.1 Å². The molecule has 0 spiro atoms. The van der Waals surface area contributed by atoms with Crippen LogP contribution in [0.3, 0.4) is 0 Å². The van der Waals surface area contributed by atoms with Gasteiger partial charge in [-0.15, -0.1) is 0 Å². The number of halogens is 1. The maximum absolute atomic E-state index is 12.6. The first-order valence-electron chi connectivity index (χ1n) is 7.64. The monoisotopic (exact) mass is 395 g/mol. The van der Waals surface area contributed by atoms with Gasteiger partial charge in [0.05, 0.1) is 21.1 Å². The summed E-state index contributed by atoms with van der Waals surface area (Å²) in [4.78, 5) is 22.1. The fraction of sp³-hybridized carbons (Fsp3) is 0.188. The third kappa shape index (κ3) is 3.94. The summed E-state index contributed by atoms with van der Waals surface area (Å²) in [5.74, 6) is -0.382. The average molecular weight is 396 g/mol. The summed E-state index contributed by atoms with van der Waals surface area (Å²) in [5.41, 5.74) is -0.260. The van der Waals surface area contributed by atoms with Gasteiger partial charge < -0.3 is 5.32 Å². The fourth-order valence-electron chi connectivity index (χ4n) is 2.26. The van der Waals surface area contributed by atoms with Crippen LogP contribution in [0.5, 0.6) is 0 Å². The SMILES string of the molecule is O=C(NC1CC1)c1ccccc1NS(=O)(=O)c1ccc(Cl)c([N+](=O)[O-])c1. The van der Waals surface area contributed by atoms with Crippen molar-refractivity contribution in [2.75, 3.05) is 4.72 Å². The lowest BCUT2D eigenvalue weighted by atomic mass is 10.1. The van der Waals surface area contributed by atoms with Gasteiger partial charge in [0.1, 0.15) is 5.02 Å². The van der Waals surface area contributed by atoms with Crippen LogP contribution in [0.15, 0.2) is 47.4 Å². The van der Waals surface area contributed by atoms with Crippen molar-refractivity contribution in [2.24, 2.45) is 0 Å². The van der Waals surface area contributed by atoms with Crippen LogP contribution in [0.2, 0.25) is 5.02 Å². The number of hydrogen-bond donors (Lipinski definition) is 2. The molecular weight excluding hydrogens is 382 g/mol. The van der Waals surface area contributed by atoms with Crippen LogP contribution in [0, 0.1) is 10.1 Å². The molecule has 1 aliphatic rings. The second-order valence-electron chi connectivity index (χ2n) is 5.77. The van der Waals surface area contributed by atoms with E-state index in [-0.39, 0.29) is 33.1 Å². The molecule has 0 aliphatic heterocycles. The molecule has 0 heterocycles. The molecule has 1 saturated carbocycles. The number of rotatable bonds is 6. The molecule has 0 aromatic heterocycles. The summed E-state index contributed by atoms with van der Waals surface area (Å²) in [6.07, 6.45) is 1.79. The maximum atomic E-state index is 12.6. The van der Waals surface area contributed by atoms with Crippen LogP contribution in [-0.2, 0) is 10.0 Å². The Morgan fingerprint density at radius 3 is 2.54 bits per heavy atom. The van der Waals surface area contributed by atoms with E-state index >= 15 is 0 Å². The van der Waals surface area contributed by atoms with Gasteiger partial charge in [-0.3, -0.25) is 19.6 Å². The number of para-hydroxylation sites is 1. The molecule has 26 heavy (non-hydrogen) atoms. The summed E-state index contributed by atoms with van der Waals surface area (Å²) in [5, 5.41) is 13.6. The molecule has 8 nitrogen and oxygen atoms in total. The van der Waals surface area contributed by atoms with Crippen LogP contribution in [0.4, 0.5) is 11.4 Å². The topological polar surface area (TPSA) is 118 Å². The number of nitro benzene ring substituents is 1. The Kier molecular flexibility index (Phi) is 4.84. The first kappa shape index (κ1) is 18.2. The van der Waals surface area contributed by atoms with Gasteiger partial charge in [-0.25, -0.2) is 8.42 Å². The molecule has 136 valence electrons. The first-order chi connectivity index (χ1) is 12.3. The molecule has 0 saturated heterocycles. The molecule has 0 atom stereocenters. The molecule has 10 heteroatoms. The normalized spacial score (nSPS) is 13.9. The van der Waals surface area contributed by atoms with Crippen molar-refractivity contribution in [3.63, 3.8) is 0 Å². The van der Waals surface area contributed by atoms with Crippen molar-refractivity contribution in [2.45, 2.75) is 23.8 Å². The van der Waals surface area contributed by atoms with E-state index in [2.05, 4.69) is 10.0 Å². The van der Waals surface area contributed by atoms with E-state index in [0.717, 1.165) is 31.0 Å². The van der Waals surface area contributed by atoms with Gasteiger partial charge in [0.2, 0.25) is 0 Å². The van der Waals surface area contributed by atoms with Gasteiger partial charge in [0, 0.05) is 12.1 Å². The molecule has 2 aromatic rings. The van der Waals surface area contributed by atoms with Gasteiger partial charge in [0.15, 0.2) is 0 Å². The zero-order chi connectivity index (χ0) is 18.9.